The largest absolute Gasteiger partial charge is 0.493 e. The zero-order chi connectivity index (χ0) is 23.4. The molecule has 10 heteroatoms. The fourth-order valence-corrected chi connectivity index (χ4v) is 4.99. The number of hydrogen-bond acceptors (Lipinski definition) is 7. The maximum atomic E-state index is 12.7. The van der Waals surface area contributed by atoms with Crippen LogP contribution in [0.4, 0.5) is 4.79 Å². The molecule has 1 aliphatic heterocycles. The first-order chi connectivity index (χ1) is 15.2. The number of hydrogen-bond donors (Lipinski definition) is 0. The molecule has 2 amide bonds. The zero-order valence-corrected chi connectivity index (χ0v) is 22.5. The summed E-state index contributed by atoms with van der Waals surface area (Å²) >= 11 is 5.17. The smallest absolute Gasteiger partial charge is 0.328 e. The van der Waals surface area contributed by atoms with E-state index in [1.165, 1.54) is 14.0 Å². The maximum Gasteiger partial charge on any atom is 0.328 e. The lowest BCUT2D eigenvalue weighted by Crippen LogP contribution is -2.42. The van der Waals surface area contributed by atoms with Gasteiger partial charge >= 0.3 is 5.97 Å². The highest BCUT2D eigenvalue weighted by atomic mass is 127. The van der Waals surface area contributed by atoms with Crippen LogP contribution in [-0.2, 0) is 20.9 Å². The van der Waals surface area contributed by atoms with Crippen molar-refractivity contribution in [2.45, 2.75) is 19.6 Å². The molecule has 32 heavy (non-hydrogen) atoms. The standard InChI is InChI=1S/C22H19I2NO6S/c1-12(21(27)30-3)25-20(26)18(32-22(25)28)10-14-8-16(24)19(17(9-14)29-2)31-11-13-4-6-15(23)7-5-13/h4-10,12H,11H2,1-3H3/b18-10+/t12-/m1/s1. The van der Waals surface area contributed by atoms with Crippen LogP contribution in [0.15, 0.2) is 41.3 Å². The third-order valence-corrected chi connectivity index (χ3v) is 7.00. The van der Waals surface area contributed by atoms with Gasteiger partial charge in [0, 0.05) is 3.57 Å². The van der Waals surface area contributed by atoms with E-state index in [-0.39, 0.29) is 4.91 Å². The fourth-order valence-electron chi connectivity index (χ4n) is 2.94. The van der Waals surface area contributed by atoms with E-state index in [9.17, 15) is 14.4 Å². The quantitative estimate of drug-likeness (QED) is 0.230. The number of esters is 1. The number of thioether (sulfide) groups is 1. The summed E-state index contributed by atoms with van der Waals surface area (Å²) < 4.78 is 18.1. The predicted molar refractivity (Wildman–Crippen MR) is 138 cm³/mol. The van der Waals surface area contributed by atoms with Gasteiger partial charge in [0.25, 0.3) is 11.1 Å². The van der Waals surface area contributed by atoms with Gasteiger partial charge in [0.15, 0.2) is 11.5 Å². The topological polar surface area (TPSA) is 82.1 Å². The van der Waals surface area contributed by atoms with E-state index in [1.807, 2.05) is 30.3 Å². The minimum Gasteiger partial charge on any atom is -0.493 e. The van der Waals surface area contributed by atoms with Crippen LogP contribution in [0.2, 0.25) is 0 Å². The number of carbonyl (C=O) groups is 3. The Morgan fingerprint density at radius 3 is 2.47 bits per heavy atom. The minimum atomic E-state index is -0.995. The molecule has 3 rings (SSSR count). The normalized spacial score (nSPS) is 15.8. The number of amides is 2. The van der Waals surface area contributed by atoms with Crippen molar-refractivity contribution in [1.29, 1.82) is 0 Å². The van der Waals surface area contributed by atoms with Gasteiger partial charge in [-0.3, -0.25) is 14.5 Å². The first kappa shape index (κ1) is 24.8. The van der Waals surface area contributed by atoms with E-state index < -0.39 is 23.2 Å². The molecule has 7 nitrogen and oxygen atoms in total. The van der Waals surface area contributed by atoms with Crippen LogP contribution in [0.25, 0.3) is 6.08 Å². The molecule has 1 fully saturated rings. The van der Waals surface area contributed by atoms with Gasteiger partial charge in [0.05, 0.1) is 22.7 Å². The lowest BCUT2D eigenvalue weighted by atomic mass is 10.1. The van der Waals surface area contributed by atoms with Crippen molar-refractivity contribution < 1.29 is 28.6 Å². The van der Waals surface area contributed by atoms with Crippen LogP contribution >= 0.6 is 56.9 Å². The molecular weight excluding hydrogens is 660 g/mol. The monoisotopic (exact) mass is 679 g/mol. The van der Waals surface area contributed by atoms with Crippen LogP contribution in [-0.4, -0.2) is 42.3 Å². The third-order valence-electron chi connectivity index (χ3n) is 4.60. The van der Waals surface area contributed by atoms with E-state index in [0.29, 0.717) is 23.7 Å². The first-order valence-corrected chi connectivity index (χ1v) is 12.3. The Hall–Kier alpha value is -1.80. The summed E-state index contributed by atoms with van der Waals surface area (Å²) in [4.78, 5) is 37.9. The summed E-state index contributed by atoms with van der Waals surface area (Å²) in [6, 6.07) is 10.6. The second kappa shape index (κ2) is 10.9. The second-order valence-electron chi connectivity index (χ2n) is 6.70. The molecule has 1 atom stereocenters. The predicted octanol–water partition coefficient (Wildman–Crippen LogP) is 5.08. The summed E-state index contributed by atoms with van der Waals surface area (Å²) in [5.41, 5.74) is 1.70. The molecule has 0 saturated carbocycles. The number of ether oxygens (including phenoxy) is 3. The molecule has 0 aromatic heterocycles. The Kier molecular flexibility index (Phi) is 8.44. The van der Waals surface area contributed by atoms with E-state index in [2.05, 4.69) is 49.9 Å². The number of rotatable bonds is 7. The van der Waals surface area contributed by atoms with Crippen molar-refractivity contribution >= 4 is 80.1 Å². The molecule has 168 valence electrons. The van der Waals surface area contributed by atoms with Gasteiger partial charge in [0.1, 0.15) is 12.6 Å². The van der Waals surface area contributed by atoms with E-state index in [1.54, 1.807) is 19.3 Å². The number of methoxy groups -OCH3 is 2. The zero-order valence-electron chi connectivity index (χ0n) is 17.4. The average molecular weight is 679 g/mol. The highest BCUT2D eigenvalue weighted by Gasteiger charge is 2.41. The highest BCUT2D eigenvalue weighted by Crippen LogP contribution is 2.38. The van der Waals surface area contributed by atoms with Crippen LogP contribution in [0.3, 0.4) is 0 Å². The molecule has 0 bridgehead atoms. The lowest BCUT2D eigenvalue weighted by molar-refractivity contribution is -0.148. The van der Waals surface area contributed by atoms with E-state index >= 15 is 0 Å². The van der Waals surface area contributed by atoms with E-state index in [0.717, 1.165) is 29.4 Å². The van der Waals surface area contributed by atoms with Crippen molar-refractivity contribution in [3.05, 3.63) is 59.6 Å². The molecule has 0 N–H and O–H groups in total. The molecule has 1 saturated heterocycles. The number of imide groups is 1. The van der Waals surface area contributed by atoms with Gasteiger partial charge in [-0.2, -0.15) is 0 Å². The van der Waals surface area contributed by atoms with Gasteiger partial charge in [0.2, 0.25) is 0 Å². The summed E-state index contributed by atoms with van der Waals surface area (Å²) in [7, 11) is 2.75. The van der Waals surface area contributed by atoms with Gasteiger partial charge in [-0.15, -0.1) is 0 Å². The molecule has 2 aromatic rings. The van der Waals surface area contributed by atoms with Crippen LogP contribution in [0.5, 0.6) is 11.5 Å². The first-order valence-electron chi connectivity index (χ1n) is 9.34. The Labute approximate surface area is 217 Å². The van der Waals surface area contributed by atoms with Gasteiger partial charge in [-0.25, -0.2) is 4.79 Å². The molecule has 2 aromatic carbocycles. The van der Waals surface area contributed by atoms with Gasteiger partial charge < -0.3 is 14.2 Å². The number of nitrogens with zero attached hydrogens (tertiary/aromatic N) is 1. The molecule has 1 heterocycles. The van der Waals surface area contributed by atoms with Crippen molar-refractivity contribution in [2.24, 2.45) is 0 Å². The van der Waals surface area contributed by atoms with Crippen molar-refractivity contribution in [3.8, 4) is 11.5 Å². The third kappa shape index (κ3) is 5.57. The number of halogens is 2. The Bertz CT molecular complexity index is 1090. The highest BCUT2D eigenvalue weighted by molar-refractivity contribution is 14.1. The number of benzene rings is 2. The Morgan fingerprint density at radius 2 is 1.84 bits per heavy atom. The maximum absolute atomic E-state index is 12.7. The summed E-state index contributed by atoms with van der Waals surface area (Å²) in [5, 5.41) is -0.515. The molecular formula is C22H19I2NO6S. The summed E-state index contributed by atoms with van der Waals surface area (Å²) in [6.45, 7) is 1.84. The number of carbonyl (C=O) groups excluding carboxylic acids is 3. The summed E-state index contributed by atoms with van der Waals surface area (Å²) in [5.74, 6) is -0.0858. The Morgan fingerprint density at radius 1 is 1.16 bits per heavy atom. The van der Waals surface area contributed by atoms with E-state index in [4.69, 9.17) is 9.47 Å². The minimum absolute atomic E-state index is 0.219. The van der Waals surface area contributed by atoms with Gasteiger partial charge in [-0.05, 0) is 105 Å². The lowest BCUT2D eigenvalue weighted by Gasteiger charge is -2.18. The summed E-state index contributed by atoms with van der Waals surface area (Å²) in [6.07, 6.45) is 1.60. The molecule has 0 unspecified atom stereocenters. The van der Waals surface area contributed by atoms with Gasteiger partial charge in [-0.1, -0.05) is 12.1 Å². The SMILES string of the molecule is COC(=O)[C@@H](C)N1C(=O)S/C(=C/c2cc(I)c(OCc3ccc(I)cc3)c(OC)c2)C1=O. The van der Waals surface area contributed by atoms with Crippen molar-refractivity contribution in [1.82, 2.24) is 4.90 Å². The van der Waals surface area contributed by atoms with Crippen LogP contribution in [0.1, 0.15) is 18.1 Å². The molecule has 0 spiro atoms. The van der Waals surface area contributed by atoms with Crippen molar-refractivity contribution in [2.75, 3.05) is 14.2 Å². The van der Waals surface area contributed by atoms with Crippen LogP contribution in [0, 0.1) is 7.14 Å². The molecule has 0 radical (unpaired) electrons. The Balaban J connectivity index is 1.83. The average Bonchev–Trinajstić information content (AvgIpc) is 3.05. The second-order valence-corrected chi connectivity index (χ2v) is 10.1. The fraction of sp³-hybridized carbons (Fsp3) is 0.227. The molecule has 1 aliphatic rings. The van der Waals surface area contributed by atoms with Crippen LogP contribution < -0.4 is 9.47 Å². The molecule has 0 aliphatic carbocycles. The van der Waals surface area contributed by atoms with Crippen molar-refractivity contribution in [3.63, 3.8) is 0 Å².